The Hall–Kier alpha value is -1.96. The minimum atomic E-state index is -0.0447. The third-order valence-corrected chi connectivity index (χ3v) is 5.72. The van der Waals surface area contributed by atoms with Gasteiger partial charge in [0.25, 0.3) is 5.56 Å². The van der Waals surface area contributed by atoms with Crippen molar-refractivity contribution in [3.8, 4) is 0 Å². The maximum absolute atomic E-state index is 12.7. The fourth-order valence-corrected chi connectivity index (χ4v) is 3.79. The van der Waals surface area contributed by atoms with E-state index in [2.05, 4.69) is 42.0 Å². The molecule has 0 atom stereocenters. The van der Waals surface area contributed by atoms with E-state index in [-0.39, 0.29) is 5.56 Å². The van der Waals surface area contributed by atoms with Crippen LogP contribution in [0.2, 0.25) is 0 Å². The van der Waals surface area contributed by atoms with Gasteiger partial charge >= 0.3 is 0 Å². The normalized spacial score (nSPS) is 15.0. The molecule has 3 N–H and O–H groups in total. The van der Waals surface area contributed by atoms with Crippen LogP contribution in [0, 0.1) is 12.8 Å². The molecule has 1 aliphatic rings. The highest BCUT2D eigenvalue weighted by atomic mass is 32.1. The van der Waals surface area contributed by atoms with Gasteiger partial charge in [-0.25, -0.2) is 0 Å². The summed E-state index contributed by atoms with van der Waals surface area (Å²) in [7, 11) is 0. The third-order valence-electron chi connectivity index (χ3n) is 5.32. The number of rotatable bonds is 7. The lowest BCUT2D eigenvalue weighted by molar-refractivity contribution is -0.907. The van der Waals surface area contributed by atoms with Gasteiger partial charge in [0.1, 0.15) is 13.1 Å². The van der Waals surface area contributed by atoms with E-state index in [0.717, 1.165) is 67.5 Å². The number of morpholine rings is 1. The summed E-state index contributed by atoms with van der Waals surface area (Å²) in [5, 5.41) is 5.14. The predicted molar refractivity (Wildman–Crippen MR) is 122 cm³/mol. The van der Waals surface area contributed by atoms with Crippen molar-refractivity contribution in [2.24, 2.45) is 5.92 Å². The minimum absolute atomic E-state index is 0.0447. The zero-order valence-corrected chi connectivity index (χ0v) is 18.5. The molecule has 6 nitrogen and oxygen atoms in total. The number of nitrogens with one attached hydrogen (secondary N) is 3. The maximum atomic E-state index is 12.7. The fourth-order valence-electron chi connectivity index (χ4n) is 3.55. The van der Waals surface area contributed by atoms with Crippen molar-refractivity contribution in [3.05, 3.63) is 45.7 Å². The summed E-state index contributed by atoms with van der Waals surface area (Å²) in [6, 6.07) is 8.08. The monoisotopic (exact) mass is 417 g/mol. The summed E-state index contributed by atoms with van der Waals surface area (Å²) in [5.74, 6) is 0.506. The Morgan fingerprint density at radius 3 is 2.79 bits per heavy atom. The Morgan fingerprint density at radius 1 is 1.31 bits per heavy atom. The van der Waals surface area contributed by atoms with Crippen molar-refractivity contribution >= 4 is 28.2 Å². The Balaban J connectivity index is 1.77. The third kappa shape index (κ3) is 6.26. The van der Waals surface area contributed by atoms with Crippen LogP contribution < -0.4 is 15.8 Å². The van der Waals surface area contributed by atoms with Crippen LogP contribution in [0.15, 0.2) is 29.1 Å². The van der Waals surface area contributed by atoms with Gasteiger partial charge in [-0.2, -0.15) is 0 Å². The van der Waals surface area contributed by atoms with Crippen molar-refractivity contribution in [2.45, 2.75) is 27.3 Å². The molecule has 1 saturated heterocycles. The van der Waals surface area contributed by atoms with Gasteiger partial charge in [-0.05, 0) is 48.6 Å². The molecule has 1 fully saturated rings. The molecule has 2 heterocycles. The zero-order chi connectivity index (χ0) is 20.8. The molecule has 1 aromatic carbocycles. The molecule has 29 heavy (non-hydrogen) atoms. The number of quaternary nitrogens is 1. The van der Waals surface area contributed by atoms with Crippen LogP contribution in [-0.4, -0.2) is 60.9 Å². The number of fused-ring (bicyclic) bond motifs is 1. The summed E-state index contributed by atoms with van der Waals surface area (Å²) in [4.78, 5) is 19.4. The van der Waals surface area contributed by atoms with Crippen LogP contribution in [0.1, 0.15) is 25.0 Å². The Labute approximate surface area is 178 Å². The van der Waals surface area contributed by atoms with E-state index in [1.165, 1.54) is 10.5 Å². The molecule has 0 saturated carbocycles. The highest BCUT2D eigenvalue weighted by Crippen LogP contribution is 2.14. The van der Waals surface area contributed by atoms with Crippen LogP contribution in [0.3, 0.4) is 0 Å². The van der Waals surface area contributed by atoms with Gasteiger partial charge in [0.05, 0.1) is 32.8 Å². The average Bonchev–Trinajstić information content (AvgIpc) is 2.70. The summed E-state index contributed by atoms with van der Waals surface area (Å²) >= 11 is 5.69. The van der Waals surface area contributed by atoms with Crippen molar-refractivity contribution < 1.29 is 9.64 Å². The number of nitrogens with zero attached hydrogens (tertiary/aromatic N) is 1. The smallest absolute Gasteiger partial charge is 0.253 e. The van der Waals surface area contributed by atoms with Gasteiger partial charge < -0.3 is 24.8 Å². The van der Waals surface area contributed by atoms with E-state index < -0.39 is 0 Å². The lowest BCUT2D eigenvalue weighted by atomic mass is 10.1. The maximum Gasteiger partial charge on any atom is 0.253 e. The second-order valence-electron chi connectivity index (χ2n) is 8.33. The van der Waals surface area contributed by atoms with E-state index in [0.29, 0.717) is 12.5 Å². The van der Waals surface area contributed by atoms with Crippen LogP contribution in [-0.2, 0) is 11.3 Å². The van der Waals surface area contributed by atoms with Crippen molar-refractivity contribution in [2.75, 3.05) is 45.9 Å². The molecule has 0 spiro atoms. The van der Waals surface area contributed by atoms with Crippen LogP contribution >= 0.6 is 12.2 Å². The summed E-state index contributed by atoms with van der Waals surface area (Å²) in [5.41, 5.74) is 2.75. The number of aromatic amines is 1. The first-order valence-electron chi connectivity index (χ1n) is 10.5. The minimum Gasteiger partial charge on any atom is -0.370 e. The first kappa shape index (κ1) is 21.7. The molecule has 0 radical (unpaired) electrons. The van der Waals surface area contributed by atoms with Gasteiger partial charge in [-0.3, -0.25) is 4.79 Å². The zero-order valence-electron chi connectivity index (χ0n) is 17.7. The predicted octanol–water partition coefficient (Wildman–Crippen LogP) is 1.08. The molecule has 0 amide bonds. The Morgan fingerprint density at radius 2 is 2.07 bits per heavy atom. The lowest BCUT2D eigenvalue weighted by Crippen LogP contribution is -3.14. The first-order valence-corrected chi connectivity index (χ1v) is 10.9. The number of thiocarbonyl (C=S) groups is 1. The molecule has 1 aromatic heterocycles. The van der Waals surface area contributed by atoms with Crippen molar-refractivity contribution in [1.82, 2.24) is 15.2 Å². The second kappa shape index (κ2) is 10.2. The standard InChI is InChI=1S/C22H32N4O2S/c1-16(2)14-23-22(29)26(7-6-25-8-10-28-11-9-25)15-19-13-18-12-17(3)4-5-20(18)24-21(19)27/h4-5,12-13,16H,6-11,14-15H2,1-3H3,(H,23,29)(H,24,27)/p+1. The number of H-pyrrole nitrogens is 1. The van der Waals surface area contributed by atoms with Gasteiger partial charge in [-0.15, -0.1) is 0 Å². The molecule has 1 aliphatic heterocycles. The first-order chi connectivity index (χ1) is 13.9. The summed E-state index contributed by atoms with van der Waals surface area (Å²) < 4.78 is 5.46. The molecule has 2 aromatic rings. The van der Waals surface area contributed by atoms with Crippen LogP contribution in [0.5, 0.6) is 0 Å². The van der Waals surface area contributed by atoms with Gasteiger partial charge in [-0.1, -0.05) is 25.5 Å². The topological polar surface area (TPSA) is 61.8 Å². The largest absolute Gasteiger partial charge is 0.370 e. The molecule has 7 heteroatoms. The number of hydrogen-bond donors (Lipinski definition) is 3. The SMILES string of the molecule is Cc1ccc2[nH]c(=O)c(CN(CC[NH+]3CCOCC3)C(=S)NCC(C)C)cc2c1. The molecular weight excluding hydrogens is 384 g/mol. The highest BCUT2D eigenvalue weighted by molar-refractivity contribution is 7.80. The van der Waals surface area contributed by atoms with Crippen molar-refractivity contribution in [3.63, 3.8) is 0 Å². The number of aryl methyl sites for hydroxylation is 1. The van der Waals surface area contributed by atoms with E-state index in [9.17, 15) is 4.79 Å². The molecule has 0 unspecified atom stereocenters. The van der Waals surface area contributed by atoms with Crippen LogP contribution in [0.4, 0.5) is 0 Å². The summed E-state index contributed by atoms with van der Waals surface area (Å²) in [6.45, 7) is 13.2. The number of aromatic nitrogens is 1. The van der Waals surface area contributed by atoms with E-state index in [1.807, 2.05) is 18.2 Å². The van der Waals surface area contributed by atoms with E-state index in [4.69, 9.17) is 17.0 Å². The Kier molecular flexibility index (Phi) is 7.64. The number of ether oxygens (including phenoxy) is 1. The van der Waals surface area contributed by atoms with E-state index in [1.54, 1.807) is 0 Å². The van der Waals surface area contributed by atoms with Gasteiger partial charge in [0.2, 0.25) is 0 Å². The van der Waals surface area contributed by atoms with E-state index >= 15 is 0 Å². The van der Waals surface area contributed by atoms with Gasteiger partial charge in [0, 0.05) is 17.6 Å². The highest BCUT2D eigenvalue weighted by Gasteiger charge is 2.18. The quantitative estimate of drug-likeness (QED) is 0.589. The molecule has 0 aliphatic carbocycles. The summed E-state index contributed by atoms with van der Waals surface area (Å²) in [6.07, 6.45) is 0. The molecule has 158 valence electrons. The molecule has 0 bridgehead atoms. The Bertz CT molecular complexity index is 890. The average molecular weight is 418 g/mol. The van der Waals surface area contributed by atoms with Crippen LogP contribution in [0.25, 0.3) is 10.9 Å². The fraction of sp³-hybridized carbons (Fsp3) is 0.545. The second-order valence-corrected chi connectivity index (χ2v) is 8.71. The lowest BCUT2D eigenvalue weighted by Gasteiger charge is -2.30. The number of hydrogen-bond acceptors (Lipinski definition) is 3. The number of benzene rings is 1. The van der Waals surface area contributed by atoms with Crippen molar-refractivity contribution in [1.29, 1.82) is 0 Å². The number of pyridine rings is 1. The van der Waals surface area contributed by atoms with Gasteiger partial charge in [0.15, 0.2) is 5.11 Å². The molecule has 3 rings (SSSR count). The molecular formula is C22H33N4O2S+.